The quantitative estimate of drug-likeness (QED) is 0.814. The summed E-state index contributed by atoms with van der Waals surface area (Å²) in [6.07, 6.45) is 0.835. The number of nitrogens with one attached hydrogen (secondary N) is 1. The van der Waals surface area contributed by atoms with Crippen LogP contribution in [0.15, 0.2) is 33.9 Å². The molecule has 8 heteroatoms. The van der Waals surface area contributed by atoms with Crippen LogP contribution < -0.4 is 26.2 Å². The van der Waals surface area contributed by atoms with Gasteiger partial charge < -0.3 is 15.0 Å². The summed E-state index contributed by atoms with van der Waals surface area (Å²) in [5.41, 5.74) is -0.155. The van der Waals surface area contributed by atoms with Crippen LogP contribution in [0.2, 0.25) is 0 Å². The van der Waals surface area contributed by atoms with Gasteiger partial charge in [-0.05, 0) is 25.5 Å². The van der Waals surface area contributed by atoms with Crippen LogP contribution >= 0.6 is 0 Å². The Bertz CT molecular complexity index is 938. The van der Waals surface area contributed by atoms with Crippen molar-refractivity contribution in [3.63, 3.8) is 0 Å². The molecule has 0 saturated carbocycles. The van der Waals surface area contributed by atoms with Crippen molar-refractivity contribution in [3.05, 3.63) is 56.5 Å². The van der Waals surface area contributed by atoms with Gasteiger partial charge in [0.2, 0.25) is 0 Å². The van der Waals surface area contributed by atoms with E-state index >= 15 is 0 Å². The molecule has 0 radical (unpaired) electrons. The zero-order valence-corrected chi connectivity index (χ0v) is 15.9. The number of halogens is 1. The van der Waals surface area contributed by atoms with Gasteiger partial charge in [0, 0.05) is 51.4 Å². The molecule has 146 valence electrons. The first-order chi connectivity index (χ1) is 12.9. The highest BCUT2D eigenvalue weighted by molar-refractivity contribution is 5.40. The van der Waals surface area contributed by atoms with Gasteiger partial charge in [-0.15, -0.1) is 0 Å². The lowest BCUT2D eigenvalue weighted by Crippen LogP contribution is -2.40. The summed E-state index contributed by atoms with van der Waals surface area (Å²) in [4.78, 5) is 26.1. The average molecular weight is 376 g/mol. The topological polar surface area (TPSA) is 68.5 Å². The minimum absolute atomic E-state index is 0.123. The number of ether oxygens (including phenoxy) is 1. The molecule has 2 aromatic rings. The maximum Gasteiger partial charge on any atom is 0.332 e. The maximum absolute atomic E-state index is 14.2. The molecule has 1 saturated heterocycles. The van der Waals surface area contributed by atoms with Gasteiger partial charge in [0.15, 0.2) is 0 Å². The Balaban J connectivity index is 1.70. The fraction of sp³-hybridized carbons (Fsp3) is 0.474. The van der Waals surface area contributed by atoms with E-state index in [1.54, 1.807) is 19.2 Å². The van der Waals surface area contributed by atoms with Crippen LogP contribution in [-0.2, 0) is 20.6 Å². The molecule has 0 bridgehead atoms. The van der Waals surface area contributed by atoms with E-state index in [-0.39, 0.29) is 23.1 Å². The summed E-state index contributed by atoms with van der Waals surface area (Å²) in [6.45, 7) is 4.05. The van der Waals surface area contributed by atoms with Gasteiger partial charge in [0.1, 0.15) is 17.4 Å². The number of benzene rings is 1. The highest BCUT2D eigenvalue weighted by Gasteiger charge is 2.25. The van der Waals surface area contributed by atoms with E-state index in [1.807, 2.05) is 11.8 Å². The smallest absolute Gasteiger partial charge is 0.332 e. The predicted molar refractivity (Wildman–Crippen MR) is 102 cm³/mol. The van der Waals surface area contributed by atoms with Gasteiger partial charge in [-0.3, -0.25) is 13.9 Å². The summed E-state index contributed by atoms with van der Waals surface area (Å²) in [6, 6.07) is 6.43. The second-order valence-electron chi connectivity index (χ2n) is 6.70. The van der Waals surface area contributed by atoms with Crippen molar-refractivity contribution in [3.8, 4) is 5.75 Å². The lowest BCUT2D eigenvalue weighted by Gasteiger charge is -2.22. The maximum atomic E-state index is 14.2. The number of rotatable bonds is 6. The second kappa shape index (κ2) is 7.96. The van der Waals surface area contributed by atoms with Crippen LogP contribution in [0.1, 0.15) is 18.9 Å². The first-order valence-corrected chi connectivity index (χ1v) is 9.08. The molecule has 1 aliphatic rings. The van der Waals surface area contributed by atoms with Gasteiger partial charge in [-0.25, -0.2) is 9.18 Å². The van der Waals surface area contributed by atoms with E-state index in [1.165, 1.54) is 23.7 Å². The molecule has 3 rings (SSSR count). The summed E-state index contributed by atoms with van der Waals surface area (Å²) in [5.74, 6) is 0.861. The predicted octanol–water partition coefficient (Wildman–Crippen LogP) is 0.990. The normalized spacial score (nSPS) is 16.7. The molecular formula is C19H25FN4O3. The number of hydrogen-bond acceptors (Lipinski definition) is 5. The van der Waals surface area contributed by atoms with Gasteiger partial charge in [-0.1, -0.05) is 6.07 Å². The van der Waals surface area contributed by atoms with Crippen LogP contribution in [0.5, 0.6) is 5.75 Å². The standard InChI is InChI=1S/C19H25FN4O3/c1-4-27-16-7-5-6-15(20)14(16)11-21-13-8-9-24(12-13)17-10-18(25)23(3)19(26)22(17)2/h5-7,10,13,21H,4,8-9,11-12H2,1-3H3/t13-/m0/s1. The molecular weight excluding hydrogens is 351 g/mol. The molecule has 7 nitrogen and oxygen atoms in total. The van der Waals surface area contributed by atoms with E-state index in [0.29, 0.717) is 43.4 Å². The summed E-state index contributed by atoms with van der Waals surface area (Å²) in [5, 5.41) is 3.36. The van der Waals surface area contributed by atoms with Crippen molar-refractivity contribution in [1.29, 1.82) is 0 Å². The fourth-order valence-corrected chi connectivity index (χ4v) is 3.41. The Morgan fingerprint density at radius 1 is 1.26 bits per heavy atom. The van der Waals surface area contributed by atoms with E-state index < -0.39 is 0 Å². The van der Waals surface area contributed by atoms with Gasteiger partial charge in [-0.2, -0.15) is 0 Å². The van der Waals surface area contributed by atoms with Crippen molar-refractivity contribution in [2.75, 3.05) is 24.6 Å². The molecule has 0 spiro atoms. The third-order valence-corrected chi connectivity index (χ3v) is 4.96. The summed E-state index contributed by atoms with van der Waals surface area (Å²) < 4.78 is 22.2. The van der Waals surface area contributed by atoms with Crippen molar-refractivity contribution in [2.24, 2.45) is 14.1 Å². The van der Waals surface area contributed by atoms with Crippen LogP contribution in [0.3, 0.4) is 0 Å². The Morgan fingerprint density at radius 3 is 2.78 bits per heavy atom. The molecule has 1 N–H and O–H groups in total. The van der Waals surface area contributed by atoms with E-state index in [0.717, 1.165) is 11.0 Å². The van der Waals surface area contributed by atoms with E-state index in [9.17, 15) is 14.0 Å². The van der Waals surface area contributed by atoms with Crippen LogP contribution in [0.25, 0.3) is 0 Å². The van der Waals surface area contributed by atoms with Crippen molar-refractivity contribution >= 4 is 5.82 Å². The molecule has 1 fully saturated rings. The molecule has 27 heavy (non-hydrogen) atoms. The number of nitrogens with zero attached hydrogens (tertiary/aromatic N) is 3. The SMILES string of the molecule is CCOc1cccc(F)c1CN[C@H]1CCN(c2cc(=O)n(C)c(=O)n2C)C1. The molecule has 1 aromatic heterocycles. The molecule has 0 unspecified atom stereocenters. The summed E-state index contributed by atoms with van der Waals surface area (Å²) >= 11 is 0. The summed E-state index contributed by atoms with van der Waals surface area (Å²) in [7, 11) is 3.12. The monoisotopic (exact) mass is 376 g/mol. The molecule has 0 aliphatic carbocycles. The first-order valence-electron chi connectivity index (χ1n) is 9.08. The Hall–Kier alpha value is -2.61. The lowest BCUT2D eigenvalue weighted by molar-refractivity contribution is 0.331. The van der Waals surface area contributed by atoms with Gasteiger partial charge >= 0.3 is 5.69 Å². The third-order valence-electron chi connectivity index (χ3n) is 4.96. The van der Waals surface area contributed by atoms with E-state index in [2.05, 4.69) is 5.32 Å². The van der Waals surface area contributed by atoms with Gasteiger partial charge in [0.25, 0.3) is 5.56 Å². The van der Waals surface area contributed by atoms with Crippen molar-refractivity contribution in [2.45, 2.75) is 25.9 Å². The highest BCUT2D eigenvalue weighted by atomic mass is 19.1. The average Bonchev–Trinajstić information content (AvgIpc) is 3.11. The molecule has 1 aliphatic heterocycles. The highest BCUT2D eigenvalue weighted by Crippen LogP contribution is 2.23. The van der Waals surface area contributed by atoms with Crippen molar-refractivity contribution < 1.29 is 9.13 Å². The largest absolute Gasteiger partial charge is 0.493 e. The zero-order chi connectivity index (χ0) is 19.6. The molecule has 0 amide bonds. The van der Waals surface area contributed by atoms with Crippen LogP contribution in [0, 0.1) is 5.82 Å². The Kier molecular flexibility index (Phi) is 5.65. The van der Waals surface area contributed by atoms with E-state index in [4.69, 9.17) is 4.74 Å². The minimum atomic E-state index is -0.346. The molecule has 1 aromatic carbocycles. The van der Waals surface area contributed by atoms with Gasteiger partial charge in [0.05, 0.1) is 6.61 Å². The Labute approximate surface area is 157 Å². The Morgan fingerprint density at radius 2 is 2.04 bits per heavy atom. The fourth-order valence-electron chi connectivity index (χ4n) is 3.41. The van der Waals surface area contributed by atoms with Crippen LogP contribution in [0.4, 0.5) is 10.2 Å². The zero-order valence-electron chi connectivity index (χ0n) is 15.9. The molecule has 1 atom stereocenters. The lowest BCUT2D eigenvalue weighted by atomic mass is 10.1. The third kappa shape index (κ3) is 3.90. The van der Waals surface area contributed by atoms with Crippen molar-refractivity contribution in [1.82, 2.24) is 14.5 Å². The number of anilines is 1. The molecule has 2 heterocycles. The number of aromatic nitrogens is 2. The van der Waals surface area contributed by atoms with Crippen LogP contribution in [-0.4, -0.2) is 34.9 Å². The second-order valence-corrected chi connectivity index (χ2v) is 6.70. The number of hydrogen-bond donors (Lipinski definition) is 1. The first kappa shape index (κ1) is 19.2. The minimum Gasteiger partial charge on any atom is -0.493 e.